The zero-order valence-electron chi connectivity index (χ0n) is 8.07. The molecule has 0 spiro atoms. The Balaban J connectivity index is 0.000000561. The molecule has 1 heterocycles. The molecular formula is C9H15N3. The maximum atomic E-state index is 4.01. The Morgan fingerprint density at radius 3 is 2.42 bits per heavy atom. The highest BCUT2D eigenvalue weighted by Crippen LogP contribution is 2.05. The number of allylic oxidation sites excluding steroid dienone is 2. The third-order valence-electron chi connectivity index (χ3n) is 1.33. The van der Waals surface area contributed by atoms with Crippen LogP contribution < -0.4 is 0 Å². The standard InChI is InChI=1S/C7H9N3.C2H6/c1-3-6(2)7-4-9-10-5-8-7;1-2/h3-5H,1-2H3;1-2H3/b6-3+;. The molecule has 0 N–H and O–H groups in total. The average Bonchev–Trinajstić information content (AvgIpc) is 2.21. The SMILES string of the molecule is C/C=C(\C)c1cnncn1.CC. The van der Waals surface area contributed by atoms with Crippen LogP contribution in [0.2, 0.25) is 0 Å². The predicted molar refractivity (Wildman–Crippen MR) is 50.5 cm³/mol. The number of rotatable bonds is 1. The Kier molecular flexibility index (Phi) is 5.79. The average molecular weight is 165 g/mol. The van der Waals surface area contributed by atoms with Gasteiger partial charge in [0.15, 0.2) is 0 Å². The first-order valence-corrected chi connectivity index (χ1v) is 4.10. The van der Waals surface area contributed by atoms with Crippen LogP contribution in [0.15, 0.2) is 18.6 Å². The van der Waals surface area contributed by atoms with E-state index in [0.29, 0.717) is 0 Å². The molecule has 1 rings (SSSR count). The first-order chi connectivity index (χ1) is 5.84. The second kappa shape index (κ2) is 6.46. The van der Waals surface area contributed by atoms with Gasteiger partial charge in [-0.3, -0.25) is 0 Å². The monoisotopic (exact) mass is 165 g/mol. The summed E-state index contributed by atoms with van der Waals surface area (Å²) in [5, 5.41) is 7.27. The van der Waals surface area contributed by atoms with Crippen LogP contribution in [0.4, 0.5) is 0 Å². The molecule has 3 nitrogen and oxygen atoms in total. The lowest BCUT2D eigenvalue weighted by atomic mass is 10.2. The van der Waals surface area contributed by atoms with Crippen molar-refractivity contribution in [2.24, 2.45) is 0 Å². The van der Waals surface area contributed by atoms with Crippen LogP contribution in [-0.4, -0.2) is 15.2 Å². The molecule has 0 unspecified atom stereocenters. The summed E-state index contributed by atoms with van der Waals surface area (Å²) in [5.74, 6) is 0. The van der Waals surface area contributed by atoms with Gasteiger partial charge in [-0.15, -0.1) is 5.10 Å². The van der Waals surface area contributed by atoms with Crippen LogP contribution in [0, 0.1) is 0 Å². The summed E-state index contributed by atoms with van der Waals surface area (Å²) in [5.41, 5.74) is 2.01. The van der Waals surface area contributed by atoms with Crippen LogP contribution in [0.1, 0.15) is 33.4 Å². The Bertz CT molecular complexity index is 229. The van der Waals surface area contributed by atoms with Crippen molar-refractivity contribution in [2.75, 3.05) is 0 Å². The molecule has 0 aromatic carbocycles. The molecule has 0 bridgehead atoms. The van der Waals surface area contributed by atoms with Crippen LogP contribution in [0.3, 0.4) is 0 Å². The van der Waals surface area contributed by atoms with Crippen molar-refractivity contribution >= 4 is 5.57 Å². The molecule has 3 heteroatoms. The van der Waals surface area contributed by atoms with Gasteiger partial charge >= 0.3 is 0 Å². The van der Waals surface area contributed by atoms with Gasteiger partial charge in [-0.1, -0.05) is 19.9 Å². The van der Waals surface area contributed by atoms with Crippen molar-refractivity contribution < 1.29 is 0 Å². The molecule has 0 saturated heterocycles. The summed E-state index contributed by atoms with van der Waals surface area (Å²) in [4.78, 5) is 4.01. The summed E-state index contributed by atoms with van der Waals surface area (Å²) in [6, 6.07) is 0. The van der Waals surface area contributed by atoms with Crippen molar-refractivity contribution in [3.8, 4) is 0 Å². The first-order valence-electron chi connectivity index (χ1n) is 4.10. The molecule has 0 aliphatic heterocycles. The molecule has 1 aromatic rings. The summed E-state index contributed by atoms with van der Waals surface area (Å²) >= 11 is 0. The molecule has 0 saturated carbocycles. The van der Waals surface area contributed by atoms with E-state index in [2.05, 4.69) is 15.2 Å². The Labute approximate surface area is 73.6 Å². The fourth-order valence-electron chi connectivity index (χ4n) is 0.591. The predicted octanol–water partition coefficient (Wildman–Crippen LogP) is 2.32. The molecule has 0 aliphatic carbocycles. The largest absolute Gasteiger partial charge is 0.233 e. The van der Waals surface area contributed by atoms with Gasteiger partial charge in [0.05, 0.1) is 11.9 Å². The summed E-state index contributed by atoms with van der Waals surface area (Å²) < 4.78 is 0. The van der Waals surface area contributed by atoms with E-state index in [9.17, 15) is 0 Å². The van der Waals surface area contributed by atoms with E-state index in [1.54, 1.807) is 6.20 Å². The van der Waals surface area contributed by atoms with Crippen LogP contribution in [-0.2, 0) is 0 Å². The molecule has 0 amide bonds. The van der Waals surface area contributed by atoms with Crippen molar-refractivity contribution in [2.45, 2.75) is 27.7 Å². The highest BCUT2D eigenvalue weighted by atomic mass is 15.1. The fraction of sp³-hybridized carbons (Fsp3) is 0.444. The van der Waals surface area contributed by atoms with Crippen molar-refractivity contribution in [3.05, 3.63) is 24.3 Å². The van der Waals surface area contributed by atoms with E-state index in [1.807, 2.05) is 33.8 Å². The van der Waals surface area contributed by atoms with Gasteiger partial charge in [0.25, 0.3) is 0 Å². The number of hydrogen-bond donors (Lipinski definition) is 0. The van der Waals surface area contributed by atoms with Gasteiger partial charge in [-0.05, 0) is 19.4 Å². The third kappa shape index (κ3) is 3.23. The van der Waals surface area contributed by atoms with Gasteiger partial charge in [0.1, 0.15) is 6.33 Å². The smallest absolute Gasteiger partial charge is 0.138 e. The van der Waals surface area contributed by atoms with Gasteiger partial charge in [-0.25, -0.2) is 4.98 Å². The number of hydrogen-bond acceptors (Lipinski definition) is 3. The van der Waals surface area contributed by atoms with Gasteiger partial charge < -0.3 is 0 Å². The highest BCUT2D eigenvalue weighted by molar-refractivity contribution is 5.58. The molecule has 0 fully saturated rings. The summed E-state index contributed by atoms with van der Waals surface area (Å²) in [7, 11) is 0. The zero-order chi connectivity index (χ0) is 9.40. The Morgan fingerprint density at radius 2 is 2.00 bits per heavy atom. The van der Waals surface area contributed by atoms with Gasteiger partial charge in [0, 0.05) is 0 Å². The molecular weight excluding hydrogens is 150 g/mol. The first kappa shape index (κ1) is 10.8. The van der Waals surface area contributed by atoms with E-state index in [4.69, 9.17) is 0 Å². The van der Waals surface area contributed by atoms with E-state index in [-0.39, 0.29) is 0 Å². The Morgan fingerprint density at radius 1 is 1.33 bits per heavy atom. The van der Waals surface area contributed by atoms with Gasteiger partial charge in [-0.2, -0.15) is 5.10 Å². The maximum absolute atomic E-state index is 4.01. The molecule has 66 valence electrons. The van der Waals surface area contributed by atoms with E-state index < -0.39 is 0 Å². The summed E-state index contributed by atoms with van der Waals surface area (Å²) in [6.45, 7) is 7.96. The van der Waals surface area contributed by atoms with Crippen LogP contribution in [0.25, 0.3) is 5.57 Å². The normalized spacial score (nSPS) is 10.2. The van der Waals surface area contributed by atoms with Crippen LogP contribution in [0.5, 0.6) is 0 Å². The highest BCUT2D eigenvalue weighted by Gasteiger charge is 1.92. The van der Waals surface area contributed by atoms with Crippen molar-refractivity contribution in [1.29, 1.82) is 0 Å². The molecule has 0 aliphatic rings. The van der Waals surface area contributed by atoms with Crippen molar-refractivity contribution in [3.63, 3.8) is 0 Å². The topological polar surface area (TPSA) is 38.7 Å². The Hall–Kier alpha value is -1.25. The molecule has 12 heavy (non-hydrogen) atoms. The minimum absolute atomic E-state index is 0.887. The lowest BCUT2D eigenvalue weighted by Gasteiger charge is -1.94. The third-order valence-corrected chi connectivity index (χ3v) is 1.33. The number of aromatic nitrogens is 3. The minimum atomic E-state index is 0.887. The molecule has 0 atom stereocenters. The van der Waals surface area contributed by atoms with Crippen molar-refractivity contribution in [1.82, 2.24) is 15.2 Å². The van der Waals surface area contributed by atoms with E-state index in [1.165, 1.54) is 6.33 Å². The zero-order valence-corrected chi connectivity index (χ0v) is 8.07. The minimum Gasteiger partial charge on any atom is -0.233 e. The second-order valence-electron chi connectivity index (χ2n) is 1.96. The van der Waals surface area contributed by atoms with E-state index in [0.717, 1.165) is 11.3 Å². The summed E-state index contributed by atoms with van der Waals surface area (Å²) in [6.07, 6.45) is 5.08. The number of nitrogens with zero attached hydrogens (tertiary/aromatic N) is 3. The fourth-order valence-corrected chi connectivity index (χ4v) is 0.591. The lowest BCUT2D eigenvalue weighted by Crippen LogP contribution is -1.88. The maximum Gasteiger partial charge on any atom is 0.138 e. The molecule has 1 aromatic heterocycles. The van der Waals surface area contributed by atoms with Gasteiger partial charge in [0.2, 0.25) is 0 Å². The molecule has 0 radical (unpaired) electrons. The second-order valence-corrected chi connectivity index (χ2v) is 1.96. The quantitative estimate of drug-likeness (QED) is 0.641. The van der Waals surface area contributed by atoms with E-state index >= 15 is 0 Å². The lowest BCUT2D eigenvalue weighted by molar-refractivity contribution is 0.956. The van der Waals surface area contributed by atoms with Crippen LogP contribution >= 0.6 is 0 Å².